The molecule has 2 bridgehead atoms. The Balaban J connectivity index is 1.67. The fourth-order valence-corrected chi connectivity index (χ4v) is 3.75. The van der Waals surface area contributed by atoms with Gasteiger partial charge < -0.3 is 10.2 Å². The molecule has 3 aliphatic heterocycles. The predicted molar refractivity (Wildman–Crippen MR) is 66.6 cm³/mol. The zero-order chi connectivity index (χ0) is 11.0. The van der Waals surface area contributed by atoms with Crippen molar-refractivity contribution in [2.45, 2.75) is 38.3 Å². The van der Waals surface area contributed by atoms with Crippen LogP contribution in [0.5, 0.6) is 0 Å². The summed E-state index contributed by atoms with van der Waals surface area (Å²) in [6.45, 7) is 10.2. The maximum absolute atomic E-state index is 3.43. The van der Waals surface area contributed by atoms with E-state index in [1.54, 1.807) is 0 Å². The normalized spacial score (nSPS) is 39.0. The van der Waals surface area contributed by atoms with Crippen LogP contribution in [0.25, 0.3) is 0 Å². The summed E-state index contributed by atoms with van der Waals surface area (Å²) >= 11 is 0. The lowest BCUT2D eigenvalue weighted by molar-refractivity contribution is 0.0402. The van der Waals surface area contributed by atoms with Crippen LogP contribution in [-0.2, 0) is 0 Å². The fraction of sp³-hybridized carbons (Fsp3) is 1.00. The van der Waals surface area contributed by atoms with Crippen LogP contribution in [-0.4, -0.2) is 61.2 Å². The van der Waals surface area contributed by atoms with E-state index in [2.05, 4.69) is 22.0 Å². The highest BCUT2D eigenvalue weighted by Crippen LogP contribution is 2.32. The van der Waals surface area contributed by atoms with Crippen molar-refractivity contribution in [1.82, 2.24) is 15.1 Å². The Labute approximate surface area is 99.2 Å². The van der Waals surface area contributed by atoms with E-state index in [4.69, 9.17) is 0 Å². The minimum Gasteiger partial charge on any atom is -0.314 e. The van der Waals surface area contributed by atoms with Crippen molar-refractivity contribution in [1.29, 1.82) is 0 Å². The lowest BCUT2D eigenvalue weighted by Crippen LogP contribution is -2.62. The van der Waals surface area contributed by atoms with Crippen LogP contribution in [0.1, 0.15) is 26.2 Å². The highest BCUT2D eigenvalue weighted by Gasteiger charge is 2.40. The van der Waals surface area contributed by atoms with Crippen LogP contribution < -0.4 is 5.32 Å². The van der Waals surface area contributed by atoms with E-state index < -0.39 is 0 Å². The Morgan fingerprint density at radius 3 is 2.75 bits per heavy atom. The van der Waals surface area contributed by atoms with Gasteiger partial charge in [-0.15, -0.1) is 0 Å². The standard InChI is InChI=1S/C13H25N3/c1-2-5-16(12-8-14-9-12)13-4-7-15-6-3-11(13)10-15/h11-14H,2-10H2,1H3. The van der Waals surface area contributed by atoms with Gasteiger partial charge in [0.2, 0.25) is 0 Å². The van der Waals surface area contributed by atoms with E-state index in [-0.39, 0.29) is 0 Å². The third kappa shape index (κ3) is 1.89. The summed E-state index contributed by atoms with van der Waals surface area (Å²) in [6, 6.07) is 1.74. The van der Waals surface area contributed by atoms with Gasteiger partial charge >= 0.3 is 0 Å². The summed E-state index contributed by atoms with van der Waals surface area (Å²) in [5, 5.41) is 3.43. The first-order chi connectivity index (χ1) is 7.88. The topological polar surface area (TPSA) is 18.5 Å². The number of nitrogens with one attached hydrogen (secondary N) is 1. The summed E-state index contributed by atoms with van der Waals surface area (Å²) < 4.78 is 0. The van der Waals surface area contributed by atoms with Crippen molar-refractivity contribution in [2.75, 3.05) is 39.3 Å². The van der Waals surface area contributed by atoms with Gasteiger partial charge in [-0.3, -0.25) is 4.90 Å². The van der Waals surface area contributed by atoms with Gasteiger partial charge in [0.15, 0.2) is 0 Å². The number of piperidine rings is 1. The Hall–Kier alpha value is -0.120. The van der Waals surface area contributed by atoms with Gasteiger partial charge in [-0.2, -0.15) is 0 Å². The minimum atomic E-state index is 0.845. The van der Waals surface area contributed by atoms with E-state index in [9.17, 15) is 0 Å². The van der Waals surface area contributed by atoms with E-state index in [1.807, 2.05) is 0 Å². The highest BCUT2D eigenvalue weighted by molar-refractivity contribution is 4.96. The Morgan fingerprint density at radius 2 is 2.06 bits per heavy atom. The molecule has 0 aromatic heterocycles. The molecule has 0 spiro atoms. The predicted octanol–water partition coefficient (Wildman–Crippen LogP) is 0.764. The molecular weight excluding hydrogens is 198 g/mol. The van der Waals surface area contributed by atoms with Crippen molar-refractivity contribution >= 4 is 0 Å². The second-order valence-corrected chi connectivity index (χ2v) is 5.76. The second kappa shape index (κ2) is 4.63. The van der Waals surface area contributed by atoms with Gasteiger partial charge in [0, 0.05) is 31.7 Å². The lowest BCUT2D eigenvalue weighted by Gasteiger charge is -2.46. The molecule has 0 aliphatic carbocycles. The number of rotatable bonds is 4. The van der Waals surface area contributed by atoms with Crippen LogP contribution in [0, 0.1) is 5.92 Å². The zero-order valence-electron chi connectivity index (χ0n) is 10.5. The fourth-order valence-electron chi connectivity index (χ4n) is 3.75. The monoisotopic (exact) mass is 223 g/mol. The Bertz CT molecular complexity index is 239. The van der Waals surface area contributed by atoms with Gasteiger partial charge in [0.25, 0.3) is 0 Å². The molecular formula is C13H25N3. The smallest absolute Gasteiger partial charge is 0.0348 e. The summed E-state index contributed by atoms with van der Waals surface area (Å²) in [5.74, 6) is 0.973. The molecule has 3 nitrogen and oxygen atoms in total. The largest absolute Gasteiger partial charge is 0.314 e. The summed E-state index contributed by atoms with van der Waals surface area (Å²) in [4.78, 5) is 5.49. The van der Waals surface area contributed by atoms with Gasteiger partial charge in [0.1, 0.15) is 0 Å². The SMILES string of the molecule is CCCN(C1CNC1)C1CCN2CCC1C2. The average molecular weight is 223 g/mol. The van der Waals surface area contributed by atoms with E-state index in [0.29, 0.717) is 0 Å². The molecule has 16 heavy (non-hydrogen) atoms. The molecule has 3 unspecified atom stereocenters. The maximum Gasteiger partial charge on any atom is 0.0348 e. The molecule has 0 aromatic rings. The van der Waals surface area contributed by atoms with Crippen LogP contribution in [0.15, 0.2) is 0 Å². The molecule has 3 rings (SSSR count). The highest BCUT2D eigenvalue weighted by atomic mass is 15.3. The third-order valence-electron chi connectivity index (χ3n) is 4.73. The maximum atomic E-state index is 3.43. The van der Waals surface area contributed by atoms with E-state index in [0.717, 1.165) is 18.0 Å². The molecule has 0 amide bonds. The van der Waals surface area contributed by atoms with E-state index >= 15 is 0 Å². The Kier molecular flexibility index (Phi) is 3.18. The first kappa shape index (κ1) is 11.0. The third-order valence-corrected chi connectivity index (χ3v) is 4.73. The lowest BCUT2D eigenvalue weighted by atomic mass is 9.90. The van der Waals surface area contributed by atoms with Gasteiger partial charge in [-0.05, 0) is 44.8 Å². The summed E-state index contributed by atoms with van der Waals surface area (Å²) in [7, 11) is 0. The first-order valence-electron chi connectivity index (χ1n) is 7.07. The molecule has 3 heteroatoms. The molecule has 0 radical (unpaired) electrons. The van der Waals surface area contributed by atoms with Crippen molar-refractivity contribution in [3.63, 3.8) is 0 Å². The van der Waals surface area contributed by atoms with Crippen LogP contribution >= 0.6 is 0 Å². The zero-order valence-corrected chi connectivity index (χ0v) is 10.5. The molecule has 3 aliphatic rings. The van der Waals surface area contributed by atoms with Gasteiger partial charge in [0.05, 0.1) is 0 Å². The van der Waals surface area contributed by atoms with Crippen molar-refractivity contribution in [3.8, 4) is 0 Å². The Morgan fingerprint density at radius 1 is 1.25 bits per heavy atom. The van der Waals surface area contributed by atoms with Crippen LogP contribution in [0.2, 0.25) is 0 Å². The molecule has 1 N–H and O–H groups in total. The van der Waals surface area contributed by atoms with Gasteiger partial charge in [-0.25, -0.2) is 0 Å². The second-order valence-electron chi connectivity index (χ2n) is 5.76. The van der Waals surface area contributed by atoms with E-state index in [1.165, 1.54) is 58.5 Å². The molecule has 92 valence electrons. The van der Waals surface area contributed by atoms with Crippen LogP contribution in [0.3, 0.4) is 0 Å². The summed E-state index contributed by atoms with van der Waals surface area (Å²) in [5.41, 5.74) is 0. The quantitative estimate of drug-likeness (QED) is 0.759. The first-order valence-corrected chi connectivity index (χ1v) is 7.07. The van der Waals surface area contributed by atoms with Crippen molar-refractivity contribution in [3.05, 3.63) is 0 Å². The molecule has 3 heterocycles. The molecule has 0 saturated carbocycles. The average Bonchev–Trinajstić information content (AvgIpc) is 2.58. The number of fused-ring (bicyclic) bond motifs is 2. The molecule has 3 saturated heterocycles. The minimum absolute atomic E-state index is 0.845. The van der Waals surface area contributed by atoms with Gasteiger partial charge in [-0.1, -0.05) is 6.92 Å². The van der Waals surface area contributed by atoms with Crippen LogP contribution in [0.4, 0.5) is 0 Å². The molecule has 3 fully saturated rings. The van der Waals surface area contributed by atoms with Crippen molar-refractivity contribution < 1.29 is 0 Å². The number of nitrogens with zero attached hydrogens (tertiary/aromatic N) is 2. The molecule has 0 aromatic carbocycles. The molecule has 3 atom stereocenters. The number of hydrogen-bond donors (Lipinski definition) is 1. The number of hydrogen-bond acceptors (Lipinski definition) is 3. The summed E-state index contributed by atoms with van der Waals surface area (Å²) in [6.07, 6.45) is 4.18. The van der Waals surface area contributed by atoms with Crippen molar-refractivity contribution in [2.24, 2.45) is 5.92 Å².